The lowest BCUT2D eigenvalue weighted by molar-refractivity contribution is 0.228. The highest BCUT2D eigenvalue weighted by atomic mass is 15.1. The zero-order chi connectivity index (χ0) is 15.1. The van der Waals surface area contributed by atoms with Gasteiger partial charge < -0.3 is 10.2 Å². The number of likely N-dealkylation sites (N-methyl/N-ethyl adjacent to an activating group) is 1. The molecule has 2 heteroatoms. The summed E-state index contributed by atoms with van der Waals surface area (Å²) >= 11 is 0. The van der Waals surface area contributed by atoms with E-state index in [1.54, 1.807) is 0 Å². The zero-order valence-electron chi connectivity index (χ0n) is 13.3. The van der Waals surface area contributed by atoms with Crippen molar-refractivity contribution in [3.63, 3.8) is 0 Å². The SMILES string of the molecule is CN(Cc1ccccc1)CC(C)(C)NCc1ccccc1. The molecule has 0 fully saturated rings. The van der Waals surface area contributed by atoms with Crippen LogP contribution in [0.2, 0.25) is 0 Å². The summed E-state index contributed by atoms with van der Waals surface area (Å²) in [4.78, 5) is 2.37. The number of rotatable bonds is 7. The predicted molar refractivity (Wildman–Crippen MR) is 90.1 cm³/mol. The van der Waals surface area contributed by atoms with Gasteiger partial charge in [-0.25, -0.2) is 0 Å². The van der Waals surface area contributed by atoms with Crippen LogP contribution in [0.4, 0.5) is 0 Å². The molecule has 0 saturated heterocycles. The molecular formula is C19H26N2. The van der Waals surface area contributed by atoms with E-state index < -0.39 is 0 Å². The maximum Gasteiger partial charge on any atom is 0.0255 e. The molecule has 112 valence electrons. The smallest absolute Gasteiger partial charge is 0.0255 e. The Kier molecular flexibility index (Phi) is 5.54. The lowest BCUT2D eigenvalue weighted by Gasteiger charge is -2.31. The van der Waals surface area contributed by atoms with Crippen LogP contribution in [0.1, 0.15) is 25.0 Å². The van der Waals surface area contributed by atoms with Crippen molar-refractivity contribution in [3.05, 3.63) is 71.8 Å². The highest BCUT2D eigenvalue weighted by molar-refractivity contribution is 5.15. The Morgan fingerprint density at radius 3 is 1.95 bits per heavy atom. The summed E-state index contributed by atoms with van der Waals surface area (Å²) < 4.78 is 0. The van der Waals surface area contributed by atoms with Crippen LogP contribution in [0.3, 0.4) is 0 Å². The Labute approximate surface area is 128 Å². The summed E-state index contributed by atoms with van der Waals surface area (Å²) in [5, 5.41) is 3.65. The monoisotopic (exact) mass is 282 g/mol. The van der Waals surface area contributed by atoms with E-state index in [0.717, 1.165) is 19.6 Å². The Balaban J connectivity index is 1.82. The molecule has 0 heterocycles. The van der Waals surface area contributed by atoms with Gasteiger partial charge in [0.25, 0.3) is 0 Å². The van der Waals surface area contributed by atoms with Gasteiger partial charge in [-0.05, 0) is 32.0 Å². The third kappa shape index (κ3) is 5.70. The topological polar surface area (TPSA) is 15.3 Å². The van der Waals surface area contributed by atoms with Gasteiger partial charge in [-0.15, -0.1) is 0 Å². The lowest BCUT2D eigenvalue weighted by Crippen LogP contribution is -2.47. The third-order valence-corrected chi connectivity index (χ3v) is 3.57. The zero-order valence-corrected chi connectivity index (χ0v) is 13.3. The molecule has 0 aliphatic carbocycles. The highest BCUT2D eigenvalue weighted by Crippen LogP contribution is 2.10. The van der Waals surface area contributed by atoms with Gasteiger partial charge in [0.2, 0.25) is 0 Å². The summed E-state index contributed by atoms with van der Waals surface area (Å²) in [5.74, 6) is 0. The molecule has 0 aliphatic heterocycles. The van der Waals surface area contributed by atoms with E-state index in [2.05, 4.69) is 91.8 Å². The fraction of sp³-hybridized carbons (Fsp3) is 0.368. The van der Waals surface area contributed by atoms with E-state index in [9.17, 15) is 0 Å². The molecule has 0 amide bonds. The number of hydrogen-bond donors (Lipinski definition) is 1. The van der Waals surface area contributed by atoms with Crippen molar-refractivity contribution in [3.8, 4) is 0 Å². The fourth-order valence-electron chi connectivity index (χ4n) is 2.62. The van der Waals surface area contributed by atoms with Crippen LogP contribution < -0.4 is 5.32 Å². The van der Waals surface area contributed by atoms with E-state index in [4.69, 9.17) is 0 Å². The number of nitrogens with one attached hydrogen (secondary N) is 1. The fourth-order valence-corrected chi connectivity index (χ4v) is 2.62. The van der Waals surface area contributed by atoms with Crippen LogP contribution in [-0.2, 0) is 13.1 Å². The number of nitrogens with zero attached hydrogens (tertiary/aromatic N) is 1. The van der Waals surface area contributed by atoms with Crippen molar-refractivity contribution in [2.75, 3.05) is 13.6 Å². The van der Waals surface area contributed by atoms with Gasteiger partial charge in [0, 0.05) is 25.2 Å². The Bertz CT molecular complexity index is 520. The van der Waals surface area contributed by atoms with Gasteiger partial charge in [0.15, 0.2) is 0 Å². The van der Waals surface area contributed by atoms with Crippen molar-refractivity contribution in [1.82, 2.24) is 10.2 Å². The minimum Gasteiger partial charge on any atom is -0.306 e. The molecule has 0 aromatic heterocycles. The van der Waals surface area contributed by atoms with Crippen molar-refractivity contribution < 1.29 is 0 Å². The van der Waals surface area contributed by atoms with Crippen molar-refractivity contribution in [1.29, 1.82) is 0 Å². The number of benzene rings is 2. The molecule has 2 rings (SSSR count). The van der Waals surface area contributed by atoms with Gasteiger partial charge in [0.1, 0.15) is 0 Å². The maximum absolute atomic E-state index is 3.65. The lowest BCUT2D eigenvalue weighted by atomic mass is 10.0. The summed E-state index contributed by atoms with van der Waals surface area (Å²) in [6.07, 6.45) is 0. The first-order valence-corrected chi connectivity index (χ1v) is 7.57. The Morgan fingerprint density at radius 1 is 0.857 bits per heavy atom. The quantitative estimate of drug-likeness (QED) is 0.833. The van der Waals surface area contributed by atoms with Crippen LogP contribution in [0, 0.1) is 0 Å². The second-order valence-electron chi connectivity index (χ2n) is 6.38. The molecule has 2 nitrogen and oxygen atoms in total. The molecule has 0 unspecified atom stereocenters. The van der Waals surface area contributed by atoms with Crippen molar-refractivity contribution in [2.45, 2.75) is 32.5 Å². The molecule has 2 aromatic rings. The second kappa shape index (κ2) is 7.39. The molecule has 0 atom stereocenters. The summed E-state index contributed by atoms with van der Waals surface area (Å²) in [5.41, 5.74) is 2.77. The first-order valence-electron chi connectivity index (χ1n) is 7.57. The first-order chi connectivity index (χ1) is 10.1. The van der Waals surface area contributed by atoms with Gasteiger partial charge in [-0.1, -0.05) is 60.7 Å². The standard InChI is InChI=1S/C19H26N2/c1-19(2,20-14-17-10-6-4-7-11-17)16-21(3)15-18-12-8-5-9-13-18/h4-13,20H,14-16H2,1-3H3. The first kappa shape index (κ1) is 15.7. The molecular weight excluding hydrogens is 256 g/mol. The molecule has 1 N–H and O–H groups in total. The maximum atomic E-state index is 3.65. The van der Waals surface area contributed by atoms with Crippen LogP contribution in [0.25, 0.3) is 0 Å². The second-order valence-corrected chi connectivity index (χ2v) is 6.38. The largest absolute Gasteiger partial charge is 0.306 e. The molecule has 0 aliphatic rings. The molecule has 0 spiro atoms. The molecule has 0 radical (unpaired) electrons. The van der Waals surface area contributed by atoms with E-state index >= 15 is 0 Å². The highest BCUT2D eigenvalue weighted by Gasteiger charge is 2.19. The van der Waals surface area contributed by atoms with E-state index in [-0.39, 0.29) is 5.54 Å². The predicted octanol–water partition coefficient (Wildman–Crippen LogP) is 3.69. The normalized spacial score (nSPS) is 11.8. The van der Waals surface area contributed by atoms with Crippen LogP contribution in [-0.4, -0.2) is 24.0 Å². The van der Waals surface area contributed by atoms with Crippen molar-refractivity contribution in [2.24, 2.45) is 0 Å². The van der Waals surface area contributed by atoms with Gasteiger partial charge >= 0.3 is 0 Å². The van der Waals surface area contributed by atoms with E-state index in [1.165, 1.54) is 11.1 Å². The van der Waals surface area contributed by atoms with E-state index in [1.807, 2.05) is 0 Å². The molecule has 2 aromatic carbocycles. The van der Waals surface area contributed by atoms with Crippen molar-refractivity contribution >= 4 is 0 Å². The average Bonchev–Trinajstić information content (AvgIpc) is 2.47. The minimum atomic E-state index is 0.0827. The average molecular weight is 282 g/mol. The van der Waals surface area contributed by atoms with E-state index in [0.29, 0.717) is 0 Å². The van der Waals surface area contributed by atoms with Gasteiger partial charge in [-0.2, -0.15) is 0 Å². The number of hydrogen-bond acceptors (Lipinski definition) is 2. The summed E-state index contributed by atoms with van der Waals surface area (Å²) in [7, 11) is 2.18. The van der Waals surface area contributed by atoms with Crippen LogP contribution in [0.5, 0.6) is 0 Å². The molecule has 0 saturated carbocycles. The van der Waals surface area contributed by atoms with Gasteiger partial charge in [-0.3, -0.25) is 0 Å². The minimum absolute atomic E-state index is 0.0827. The van der Waals surface area contributed by atoms with Crippen LogP contribution in [0.15, 0.2) is 60.7 Å². The molecule has 21 heavy (non-hydrogen) atoms. The Morgan fingerprint density at radius 2 is 1.38 bits per heavy atom. The van der Waals surface area contributed by atoms with Crippen LogP contribution >= 0.6 is 0 Å². The Hall–Kier alpha value is -1.64. The molecule has 0 bridgehead atoms. The summed E-state index contributed by atoms with van der Waals surface area (Å²) in [6.45, 7) is 7.42. The third-order valence-electron chi connectivity index (χ3n) is 3.57. The van der Waals surface area contributed by atoms with Gasteiger partial charge in [0.05, 0.1) is 0 Å². The summed E-state index contributed by atoms with van der Waals surface area (Å²) in [6, 6.07) is 21.2.